The minimum Gasteiger partial charge on any atom is -0.462 e. The average molecular weight is 237 g/mol. The van der Waals surface area contributed by atoms with Crippen LogP contribution in [-0.4, -0.2) is 16.1 Å². The average Bonchev–Trinajstić information content (AvgIpc) is 2.47. The second-order valence-corrected chi connectivity index (χ2v) is 3.08. The Morgan fingerprint density at radius 3 is 3.18 bits per heavy atom. The molecular formula is C5H5BrN2O2S. The lowest BCUT2D eigenvalue weighted by molar-refractivity contribution is -0.129. The first-order chi connectivity index (χ1) is 5.38. The molecule has 0 N–H and O–H groups in total. The van der Waals surface area contributed by atoms with Gasteiger partial charge in [0.2, 0.25) is 0 Å². The van der Waals surface area contributed by atoms with Crippen LogP contribution < -0.4 is 0 Å². The van der Waals surface area contributed by atoms with Crippen molar-refractivity contribution in [1.29, 1.82) is 0 Å². The number of nitrogens with zero attached hydrogens (tertiary/aromatic N) is 2. The van der Waals surface area contributed by atoms with Crippen molar-refractivity contribution in [3.8, 4) is 0 Å². The van der Waals surface area contributed by atoms with Crippen LogP contribution >= 0.6 is 27.5 Å². The summed E-state index contributed by atoms with van der Waals surface area (Å²) in [6.07, 6.45) is 0. The van der Waals surface area contributed by atoms with Crippen LogP contribution in [0.2, 0.25) is 0 Å². The zero-order valence-electron chi connectivity index (χ0n) is 5.49. The maximum Gasteiger partial charge on any atom is 0.293 e. The third-order valence-electron chi connectivity index (χ3n) is 1.04. The number of halogens is 1. The molecule has 0 unspecified atom stereocenters. The Morgan fingerprint density at radius 2 is 2.55 bits per heavy atom. The highest BCUT2D eigenvalue weighted by Gasteiger charge is 2.05. The molecule has 0 aliphatic heterocycles. The van der Waals surface area contributed by atoms with Gasteiger partial charge in [-0.1, -0.05) is 20.4 Å². The predicted molar refractivity (Wildman–Crippen MR) is 43.4 cm³/mol. The summed E-state index contributed by atoms with van der Waals surface area (Å²) in [6.45, 7) is 0.680. The van der Waals surface area contributed by atoms with Crippen LogP contribution in [0.15, 0.2) is 0 Å². The van der Waals surface area contributed by atoms with Crippen molar-refractivity contribution in [2.45, 2.75) is 11.9 Å². The van der Waals surface area contributed by atoms with Gasteiger partial charge in [0.1, 0.15) is 6.61 Å². The predicted octanol–water partition coefficient (Wildman–Crippen LogP) is 1.11. The lowest BCUT2D eigenvalue weighted by Crippen LogP contribution is -1.91. The van der Waals surface area contributed by atoms with Crippen molar-refractivity contribution in [1.82, 2.24) is 9.59 Å². The first-order valence-electron chi connectivity index (χ1n) is 2.79. The fraction of sp³-hybridized carbons (Fsp3) is 0.400. The molecule has 1 aromatic rings. The quantitative estimate of drug-likeness (QED) is 0.581. The zero-order valence-corrected chi connectivity index (χ0v) is 7.89. The zero-order chi connectivity index (χ0) is 8.10. The molecule has 0 saturated heterocycles. The highest BCUT2D eigenvalue weighted by atomic mass is 79.9. The largest absolute Gasteiger partial charge is 0.462 e. The molecule has 1 aromatic heterocycles. The van der Waals surface area contributed by atoms with Crippen LogP contribution in [0.5, 0.6) is 0 Å². The second kappa shape index (κ2) is 4.40. The van der Waals surface area contributed by atoms with Crippen molar-refractivity contribution < 1.29 is 9.53 Å². The van der Waals surface area contributed by atoms with Gasteiger partial charge in [0.15, 0.2) is 0 Å². The van der Waals surface area contributed by atoms with Gasteiger partial charge in [-0.3, -0.25) is 4.79 Å². The number of carbonyl (C=O) groups excluding carboxylic acids is 1. The molecule has 0 aromatic carbocycles. The molecule has 0 amide bonds. The smallest absolute Gasteiger partial charge is 0.293 e. The number of hydrogen-bond acceptors (Lipinski definition) is 5. The summed E-state index contributed by atoms with van der Waals surface area (Å²) >= 11 is 4.48. The van der Waals surface area contributed by atoms with Gasteiger partial charge >= 0.3 is 0 Å². The molecule has 60 valence electrons. The fourth-order valence-electron chi connectivity index (χ4n) is 0.548. The first kappa shape index (κ1) is 8.61. The van der Waals surface area contributed by atoms with E-state index in [0.717, 1.165) is 10.6 Å². The number of ether oxygens (including phenoxy) is 1. The van der Waals surface area contributed by atoms with Crippen LogP contribution in [-0.2, 0) is 21.5 Å². The van der Waals surface area contributed by atoms with Crippen molar-refractivity contribution in [3.63, 3.8) is 0 Å². The van der Waals surface area contributed by atoms with E-state index in [9.17, 15) is 4.79 Å². The van der Waals surface area contributed by atoms with Gasteiger partial charge in [-0.2, -0.15) is 0 Å². The van der Waals surface area contributed by atoms with E-state index in [1.807, 2.05) is 0 Å². The van der Waals surface area contributed by atoms with Crippen molar-refractivity contribution in [2.24, 2.45) is 0 Å². The van der Waals surface area contributed by atoms with Gasteiger partial charge in [0.05, 0.1) is 10.6 Å². The van der Waals surface area contributed by atoms with Crippen molar-refractivity contribution in [3.05, 3.63) is 10.6 Å². The SMILES string of the molecule is O=COCc1snnc1CBr. The number of hydrogen-bond donors (Lipinski definition) is 0. The Balaban J connectivity index is 2.60. The van der Waals surface area contributed by atoms with Crippen LogP contribution in [0.4, 0.5) is 0 Å². The van der Waals surface area contributed by atoms with Crippen molar-refractivity contribution in [2.75, 3.05) is 0 Å². The van der Waals surface area contributed by atoms with Crippen LogP contribution in [0.1, 0.15) is 10.6 Å². The molecule has 0 saturated carbocycles. The van der Waals surface area contributed by atoms with E-state index in [1.54, 1.807) is 0 Å². The summed E-state index contributed by atoms with van der Waals surface area (Å²) < 4.78 is 8.26. The van der Waals surface area contributed by atoms with Crippen LogP contribution in [0, 0.1) is 0 Å². The summed E-state index contributed by atoms with van der Waals surface area (Å²) in [6, 6.07) is 0. The molecule has 1 rings (SSSR count). The molecule has 6 heteroatoms. The van der Waals surface area contributed by atoms with Gasteiger partial charge in [-0.25, -0.2) is 0 Å². The van der Waals surface area contributed by atoms with E-state index >= 15 is 0 Å². The maximum absolute atomic E-state index is 9.83. The monoisotopic (exact) mass is 236 g/mol. The third kappa shape index (κ3) is 2.23. The topological polar surface area (TPSA) is 52.1 Å². The van der Waals surface area contributed by atoms with E-state index in [-0.39, 0.29) is 6.61 Å². The molecule has 0 aliphatic carbocycles. The normalized spacial score (nSPS) is 9.55. The highest BCUT2D eigenvalue weighted by molar-refractivity contribution is 9.08. The molecule has 0 spiro atoms. The lowest BCUT2D eigenvalue weighted by atomic mass is 10.4. The molecule has 1 heterocycles. The second-order valence-electron chi connectivity index (χ2n) is 1.68. The standard InChI is InChI=1S/C5H5BrN2O2S/c6-1-4-5(2-10-3-9)11-8-7-4/h3H,1-2H2. The summed E-state index contributed by atoms with van der Waals surface area (Å²) in [5.41, 5.74) is 0.830. The molecule has 11 heavy (non-hydrogen) atoms. The van der Waals surface area contributed by atoms with E-state index in [2.05, 4.69) is 30.3 Å². The third-order valence-corrected chi connectivity index (χ3v) is 2.31. The lowest BCUT2D eigenvalue weighted by Gasteiger charge is -1.93. The minimum absolute atomic E-state index is 0.266. The fourth-order valence-corrected chi connectivity index (χ4v) is 1.76. The minimum atomic E-state index is 0.266. The van der Waals surface area contributed by atoms with Gasteiger partial charge in [-0.05, 0) is 11.5 Å². The maximum atomic E-state index is 9.83. The number of aromatic nitrogens is 2. The van der Waals surface area contributed by atoms with E-state index in [0.29, 0.717) is 11.8 Å². The first-order valence-corrected chi connectivity index (χ1v) is 4.69. The van der Waals surface area contributed by atoms with Gasteiger partial charge in [0, 0.05) is 5.33 Å². The van der Waals surface area contributed by atoms with Crippen LogP contribution in [0.25, 0.3) is 0 Å². The molecule has 0 radical (unpaired) electrons. The summed E-state index contributed by atoms with van der Waals surface area (Å²) in [7, 11) is 0. The van der Waals surface area contributed by atoms with Crippen LogP contribution in [0.3, 0.4) is 0 Å². The molecular weight excluding hydrogens is 232 g/mol. The van der Waals surface area contributed by atoms with Crippen molar-refractivity contribution >= 4 is 33.9 Å². The van der Waals surface area contributed by atoms with Gasteiger partial charge < -0.3 is 4.74 Å². The molecule has 0 fully saturated rings. The van der Waals surface area contributed by atoms with Gasteiger partial charge in [0.25, 0.3) is 6.47 Å². The van der Waals surface area contributed by atoms with E-state index in [1.165, 1.54) is 11.5 Å². The Labute approximate surface area is 75.9 Å². The Bertz CT molecular complexity index is 240. The summed E-state index contributed by atoms with van der Waals surface area (Å²) in [4.78, 5) is 10.7. The molecule has 4 nitrogen and oxygen atoms in total. The molecule has 0 aliphatic rings. The number of alkyl halides is 1. The summed E-state index contributed by atoms with van der Waals surface area (Å²) in [5.74, 6) is 0. The summed E-state index contributed by atoms with van der Waals surface area (Å²) in [5, 5.41) is 4.45. The van der Waals surface area contributed by atoms with E-state index in [4.69, 9.17) is 0 Å². The Morgan fingerprint density at radius 1 is 1.73 bits per heavy atom. The molecule has 0 atom stereocenters. The van der Waals surface area contributed by atoms with E-state index < -0.39 is 0 Å². The Kier molecular flexibility index (Phi) is 3.44. The number of rotatable bonds is 4. The molecule has 0 bridgehead atoms. The number of carbonyl (C=O) groups is 1. The highest BCUT2D eigenvalue weighted by Crippen LogP contribution is 2.13. The Hall–Kier alpha value is -0.490. The van der Waals surface area contributed by atoms with Gasteiger partial charge in [-0.15, -0.1) is 5.10 Å².